The minimum Gasteiger partial charge on any atom is -0.385 e. The highest BCUT2D eigenvalue weighted by atomic mass is 16.3. The first-order chi connectivity index (χ1) is 10.2. The molecule has 0 aliphatic heterocycles. The summed E-state index contributed by atoms with van der Waals surface area (Å²) in [4.78, 5) is 0. The molecule has 0 saturated heterocycles. The van der Waals surface area contributed by atoms with Crippen LogP contribution in [0.4, 0.5) is 0 Å². The molecule has 2 fully saturated rings. The molecule has 0 amide bonds. The molecule has 0 radical (unpaired) electrons. The molecule has 2 saturated carbocycles. The lowest BCUT2D eigenvalue weighted by Gasteiger charge is -2.31. The van der Waals surface area contributed by atoms with Crippen molar-refractivity contribution in [1.29, 1.82) is 0 Å². The van der Waals surface area contributed by atoms with E-state index in [1.54, 1.807) is 0 Å². The van der Waals surface area contributed by atoms with E-state index in [2.05, 4.69) is 31.2 Å². The number of hydrogen-bond acceptors (Lipinski definition) is 1. The average Bonchev–Trinajstić information content (AvgIpc) is 2.61. The number of aliphatic hydroxyl groups is 1. The smallest absolute Gasteiger partial charge is 0.0896 e. The Labute approximate surface area is 129 Å². The molecule has 0 bridgehead atoms. The van der Waals surface area contributed by atoms with E-state index in [1.807, 2.05) is 0 Å². The molecule has 2 aliphatic rings. The van der Waals surface area contributed by atoms with Gasteiger partial charge in [-0.05, 0) is 61.5 Å². The summed E-state index contributed by atoms with van der Waals surface area (Å²) in [5, 5.41) is 11.2. The van der Waals surface area contributed by atoms with Gasteiger partial charge in [0, 0.05) is 0 Å². The SMILES string of the molecule is CCCC1CCCC(O)(c2cccc(C3CCC3)c2)CC1. The van der Waals surface area contributed by atoms with E-state index in [0.29, 0.717) is 0 Å². The minimum absolute atomic E-state index is 0.567. The highest BCUT2D eigenvalue weighted by Crippen LogP contribution is 2.42. The molecular weight excluding hydrogens is 256 g/mol. The Morgan fingerprint density at radius 1 is 1.10 bits per heavy atom. The summed E-state index contributed by atoms with van der Waals surface area (Å²) in [6.07, 6.45) is 12.2. The third-order valence-corrected chi connectivity index (χ3v) is 5.87. The van der Waals surface area contributed by atoms with Crippen LogP contribution in [-0.2, 0) is 5.60 Å². The second-order valence-corrected chi connectivity index (χ2v) is 7.37. The van der Waals surface area contributed by atoms with Crippen molar-refractivity contribution in [1.82, 2.24) is 0 Å². The van der Waals surface area contributed by atoms with Crippen LogP contribution in [-0.4, -0.2) is 5.11 Å². The maximum Gasteiger partial charge on any atom is 0.0896 e. The lowest BCUT2D eigenvalue weighted by molar-refractivity contribution is 0.0194. The fourth-order valence-electron chi connectivity index (χ4n) is 4.20. The molecule has 2 unspecified atom stereocenters. The predicted octanol–water partition coefficient (Wildman–Crippen LogP) is 5.52. The largest absolute Gasteiger partial charge is 0.385 e. The van der Waals surface area contributed by atoms with Gasteiger partial charge < -0.3 is 5.11 Å². The van der Waals surface area contributed by atoms with Gasteiger partial charge in [-0.2, -0.15) is 0 Å². The van der Waals surface area contributed by atoms with Gasteiger partial charge in [-0.15, -0.1) is 0 Å². The minimum atomic E-state index is -0.567. The van der Waals surface area contributed by atoms with Crippen molar-refractivity contribution in [3.8, 4) is 0 Å². The zero-order valence-electron chi connectivity index (χ0n) is 13.5. The van der Waals surface area contributed by atoms with Gasteiger partial charge in [0.15, 0.2) is 0 Å². The zero-order chi connectivity index (χ0) is 14.7. The van der Waals surface area contributed by atoms with Crippen LogP contribution in [0.3, 0.4) is 0 Å². The van der Waals surface area contributed by atoms with Crippen molar-refractivity contribution in [3.05, 3.63) is 35.4 Å². The third-order valence-electron chi connectivity index (χ3n) is 5.87. The molecule has 1 aromatic rings. The average molecular weight is 286 g/mol. The Morgan fingerprint density at radius 2 is 1.95 bits per heavy atom. The molecule has 21 heavy (non-hydrogen) atoms. The number of hydrogen-bond donors (Lipinski definition) is 1. The Hall–Kier alpha value is -0.820. The zero-order valence-corrected chi connectivity index (χ0v) is 13.5. The van der Waals surface area contributed by atoms with E-state index in [0.717, 1.165) is 24.7 Å². The monoisotopic (exact) mass is 286 g/mol. The third kappa shape index (κ3) is 3.34. The van der Waals surface area contributed by atoms with Crippen LogP contribution in [0.5, 0.6) is 0 Å². The topological polar surface area (TPSA) is 20.2 Å². The van der Waals surface area contributed by atoms with Gasteiger partial charge in [0.25, 0.3) is 0 Å². The van der Waals surface area contributed by atoms with E-state index < -0.39 is 5.60 Å². The van der Waals surface area contributed by atoms with Crippen LogP contribution < -0.4 is 0 Å². The summed E-state index contributed by atoms with van der Waals surface area (Å²) >= 11 is 0. The normalized spacial score (nSPS) is 30.7. The molecule has 1 N–H and O–H groups in total. The van der Waals surface area contributed by atoms with Gasteiger partial charge in [0.2, 0.25) is 0 Å². The first-order valence-electron chi connectivity index (χ1n) is 9.04. The fraction of sp³-hybridized carbons (Fsp3) is 0.700. The van der Waals surface area contributed by atoms with Crippen LogP contribution >= 0.6 is 0 Å². The highest BCUT2D eigenvalue weighted by Gasteiger charge is 2.33. The lowest BCUT2D eigenvalue weighted by Crippen LogP contribution is -2.25. The van der Waals surface area contributed by atoms with Crippen molar-refractivity contribution >= 4 is 0 Å². The number of rotatable bonds is 4. The van der Waals surface area contributed by atoms with E-state index in [-0.39, 0.29) is 0 Å². The van der Waals surface area contributed by atoms with E-state index in [1.165, 1.54) is 62.5 Å². The molecule has 0 spiro atoms. The number of benzene rings is 1. The van der Waals surface area contributed by atoms with Gasteiger partial charge in [-0.1, -0.05) is 56.9 Å². The molecule has 1 heteroatoms. The Balaban J connectivity index is 1.74. The molecule has 1 nitrogen and oxygen atoms in total. The molecular formula is C20H30O. The first-order valence-corrected chi connectivity index (χ1v) is 9.04. The van der Waals surface area contributed by atoms with E-state index in [4.69, 9.17) is 0 Å². The van der Waals surface area contributed by atoms with Gasteiger partial charge in [0.1, 0.15) is 0 Å². The van der Waals surface area contributed by atoms with E-state index >= 15 is 0 Å². The van der Waals surface area contributed by atoms with Crippen LogP contribution in [0, 0.1) is 5.92 Å². The maximum absolute atomic E-state index is 11.2. The fourth-order valence-corrected chi connectivity index (χ4v) is 4.20. The van der Waals surface area contributed by atoms with Gasteiger partial charge >= 0.3 is 0 Å². The molecule has 2 atom stereocenters. The van der Waals surface area contributed by atoms with Crippen molar-refractivity contribution in [2.24, 2.45) is 5.92 Å². The van der Waals surface area contributed by atoms with Crippen molar-refractivity contribution in [3.63, 3.8) is 0 Å². The summed E-state index contributed by atoms with van der Waals surface area (Å²) in [7, 11) is 0. The maximum atomic E-state index is 11.2. The van der Waals surface area contributed by atoms with Crippen LogP contribution in [0.2, 0.25) is 0 Å². The summed E-state index contributed by atoms with van der Waals surface area (Å²) in [6, 6.07) is 8.88. The first kappa shape index (κ1) is 15.1. The Bertz CT molecular complexity index is 463. The molecule has 1 aromatic carbocycles. The van der Waals surface area contributed by atoms with E-state index in [9.17, 15) is 5.11 Å². The molecule has 0 aromatic heterocycles. The summed E-state index contributed by atoms with van der Waals surface area (Å²) in [5.41, 5.74) is 2.08. The predicted molar refractivity (Wildman–Crippen MR) is 88.4 cm³/mol. The second kappa shape index (κ2) is 6.52. The van der Waals surface area contributed by atoms with Crippen LogP contribution in [0.1, 0.15) is 88.2 Å². The van der Waals surface area contributed by atoms with Crippen molar-refractivity contribution < 1.29 is 5.11 Å². The van der Waals surface area contributed by atoms with Crippen LogP contribution in [0.25, 0.3) is 0 Å². The van der Waals surface area contributed by atoms with Gasteiger partial charge in [-0.3, -0.25) is 0 Å². The molecule has 2 aliphatic carbocycles. The molecule has 0 heterocycles. The second-order valence-electron chi connectivity index (χ2n) is 7.37. The molecule has 116 valence electrons. The van der Waals surface area contributed by atoms with Crippen molar-refractivity contribution in [2.45, 2.75) is 82.7 Å². The lowest BCUT2D eigenvalue weighted by atomic mass is 9.77. The van der Waals surface area contributed by atoms with Gasteiger partial charge in [0.05, 0.1) is 5.60 Å². The summed E-state index contributed by atoms with van der Waals surface area (Å²) < 4.78 is 0. The molecule has 3 rings (SSSR count). The quantitative estimate of drug-likeness (QED) is 0.722. The summed E-state index contributed by atoms with van der Waals surface area (Å²) in [5.74, 6) is 1.59. The van der Waals surface area contributed by atoms with Crippen molar-refractivity contribution in [2.75, 3.05) is 0 Å². The van der Waals surface area contributed by atoms with Gasteiger partial charge in [-0.25, -0.2) is 0 Å². The Kier molecular flexibility index (Phi) is 4.69. The standard InChI is InChI=1S/C20H30O/c1-2-6-16-7-5-13-20(21,14-12-16)19-11-4-10-18(15-19)17-8-3-9-17/h4,10-11,15-17,21H,2-3,5-9,12-14H2,1H3. The summed E-state index contributed by atoms with van der Waals surface area (Å²) in [6.45, 7) is 2.28. The highest BCUT2D eigenvalue weighted by molar-refractivity contribution is 5.31. The Morgan fingerprint density at radius 3 is 2.67 bits per heavy atom. The van der Waals surface area contributed by atoms with Crippen LogP contribution in [0.15, 0.2) is 24.3 Å².